The summed E-state index contributed by atoms with van der Waals surface area (Å²) in [7, 11) is 0. The number of rotatable bonds is 7. The van der Waals surface area contributed by atoms with E-state index in [2.05, 4.69) is 5.32 Å². The highest BCUT2D eigenvalue weighted by Crippen LogP contribution is 2.09. The molecule has 1 aromatic carbocycles. The number of hydrogen-bond acceptors (Lipinski definition) is 2. The third kappa shape index (κ3) is 4.99. The summed E-state index contributed by atoms with van der Waals surface area (Å²) >= 11 is 0. The Morgan fingerprint density at radius 1 is 1.30 bits per heavy atom. The molecule has 0 bridgehead atoms. The molecule has 2 atom stereocenters. The third-order valence-corrected chi connectivity index (χ3v) is 3.35. The molecule has 0 aliphatic carbocycles. The van der Waals surface area contributed by atoms with Crippen LogP contribution in [0.5, 0.6) is 0 Å². The fourth-order valence-corrected chi connectivity index (χ4v) is 1.84. The Hall–Kier alpha value is -1.91. The van der Waals surface area contributed by atoms with Crippen molar-refractivity contribution in [3.05, 3.63) is 35.6 Å². The quantitative estimate of drug-likeness (QED) is 0.806. The second-order valence-electron chi connectivity index (χ2n) is 4.90. The number of aryl methyl sites for hydroxylation is 1. The molecular formula is C15H20FNO3. The van der Waals surface area contributed by atoms with Crippen molar-refractivity contribution in [1.29, 1.82) is 0 Å². The van der Waals surface area contributed by atoms with Crippen molar-refractivity contribution in [2.24, 2.45) is 5.92 Å². The van der Waals surface area contributed by atoms with Crippen LogP contribution in [0.3, 0.4) is 0 Å². The molecule has 0 aliphatic rings. The van der Waals surface area contributed by atoms with E-state index in [1.54, 1.807) is 19.1 Å². The molecule has 1 aromatic rings. The van der Waals surface area contributed by atoms with Crippen molar-refractivity contribution < 1.29 is 19.1 Å². The fraction of sp³-hybridized carbons (Fsp3) is 0.467. The molecule has 1 rings (SSSR count). The molecule has 0 aromatic heterocycles. The normalized spacial score (nSPS) is 13.6. The zero-order valence-electron chi connectivity index (χ0n) is 11.7. The molecule has 0 saturated carbocycles. The van der Waals surface area contributed by atoms with Gasteiger partial charge in [-0.2, -0.15) is 0 Å². The van der Waals surface area contributed by atoms with Crippen LogP contribution >= 0.6 is 0 Å². The van der Waals surface area contributed by atoms with Gasteiger partial charge in [0.15, 0.2) is 0 Å². The smallest absolute Gasteiger partial charge is 0.326 e. The summed E-state index contributed by atoms with van der Waals surface area (Å²) in [6, 6.07) is 5.05. The van der Waals surface area contributed by atoms with Crippen molar-refractivity contribution >= 4 is 11.9 Å². The molecule has 2 unspecified atom stereocenters. The molecule has 0 aliphatic heterocycles. The summed E-state index contributed by atoms with van der Waals surface area (Å²) in [6.45, 7) is 3.67. The van der Waals surface area contributed by atoms with Gasteiger partial charge in [-0.1, -0.05) is 32.4 Å². The number of aliphatic carboxylic acids is 1. The van der Waals surface area contributed by atoms with Crippen LogP contribution in [0.25, 0.3) is 0 Å². The van der Waals surface area contributed by atoms with Gasteiger partial charge in [-0.3, -0.25) is 4.79 Å². The number of carbonyl (C=O) groups is 2. The summed E-state index contributed by atoms with van der Waals surface area (Å²) in [5, 5.41) is 11.6. The van der Waals surface area contributed by atoms with Crippen LogP contribution in [0.4, 0.5) is 4.39 Å². The van der Waals surface area contributed by atoms with Crippen molar-refractivity contribution in [3.8, 4) is 0 Å². The van der Waals surface area contributed by atoms with Gasteiger partial charge in [0.1, 0.15) is 11.9 Å². The largest absolute Gasteiger partial charge is 0.480 e. The van der Waals surface area contributed by atoms with Gasteiger partial charge in [-0.25, -0.2) is 9.18 Å². The van der Waals surface area contributed by atoms with E-state index in [0.717, 1.165) is 5.56 Å². The van der Waals surface area contributed by atoms with Gasteiger partial charge in [0.25, 0.3) is 0 Å². The average molecular weight is 281 g/mol. The van der Waals surface area contributed by atoms with E-state index in [0.29, 0.717) is 12.8 Å². The minimum Gasteiger partial charge on any atom is -0.480 e. The summed E-state index contributed by atoms with van der Waals surface area (Å²) in [5.74, 6) is -1.76. The number of halogens is 1. The lowest BCUT2D eigenvalue weighted by atomic mass is 9.99. The predicted molar refractivity (Wildman–Crippen MR) is 73.7 cm³/mol. The maximum Gasteiger partial charge on any atom is 0.326 e. The second-order valence-corrected chi connectivity index (χ2v) is 4.90. The lowest BCUT2D eigenvalue weighted by molar-refractivity contribution is -0.143. The number of carboxylic acid groups (broad SMARTS) is 1. The summed E-state index contributed by atoms with van der Waals surface area (Å²) in [5.41, 5.74) is 0.844. The Labute approximate surface area is 118 Å². The van der Waals surface area contributed by atoms with Crippen LogP contribution in [0, 0.1) is 11.7 Å². The number of benzene rings is 1. The van der Waals surface area contributed by atoms with E-state index in [4.69, 9.17) is 5.11 Å². The van der Waals surface area contributed by atoms with E-state index < -0.39 is 12.0 Å². The number of carboxylic acids is 1. The highest BCUT2D eigenvalue weighted by molar-refractivity contribution is 5.83. The van der Waals surface area contributed by atoms with Crippen LogP contribution < -0.4 is 5.32 Å². The molecule has 4 nitrogen and oxygen atoms in total. The van der Waals surface area contributed by atoms with Crippen molar-refractivity contribution in [2.75, 3.05) is 0 Å². The molecule has 1 amide bonds. The Morgan fingerprint density at radius 3 is 2.40 bits per heavy atom. The molecule has 2 N–H and O–H groups in total. The Balaban J connectivity index is 2.49. The van der Waals surface area contributed by atoms with Crippen LogP contribution in [0.2, 0.25) is 0 Å². The van der Waals surface area contributed by atoms with Gasteiger partial charge in [-0.15, -0.1) is 0 Å². The maximum atomic E-state index is 12.7. The first kappa shape index (κ1) is 16.1. The highest BCUT2D eigenvalue weighted by atomic mass is 19.1. The van der Waals surface area contributed by atoms with Gasteiger partial charge in [0.2, 0.25) is 5.91 Å². The summed E-state index contributed by atoms with van der Waals surface area (Å²) in [4.78, 5) is 22.9. The van der Waals surface area contributed by atoms with Gasteiger partial charge < -0.3 is 10.4 Å². The topological polar surface area (TPSA) is 66.4 Å². The third-order valence-electron chi connectivity index (χ3n) is 3.35. The minimum atomic E-state index is -1.02. The molecule has 0 heterocycles. The second kappa shape index (κ2) is 7.62. The zero-order chi connectivity index (χ0) is 15.1. The van der Waals surface area contributed by atoms with E-state index in [-0.39, 0.29) is 24.1 Å². The molecular weight excluding hydrogens is 261 g/mol. The minimum absolute atomic E-state index is 0.123. The number of amides is 1. The predicted octanol–water partition coefficient (Wildman–Crippen LogP) is 2.37. The number of nitrogens with one attached hydrogen (secondary N) is 1. The molecule has 20 heavy (non-hydrogen) atoms. The average Bonchev–Trinajstić information content (AvgIpc) is 2.43. The first-order valence-corrected chi connectivity index (χ1v) is 6.70. The molecule has 0 radical (unpaired) electrons. The van der Waals surface area contributed by atoms with Gasteiger partial charge in [-0.05, 0) is 30.0 Å². The first-order chi connectivity index (χ1) is 9.43. The Morgan fingerprint density at radius 2 is 1.90 bits per heavy atom. The zero-order valence-corrected chi connectivity index (χ0v) is 11.7. The Bertz CT molecular complexity index is 459. The van der Waals surface area contributed by atoms with E-state index in [1.807, 2.05) is 6.92 Å². The standard InChI is InChI=1S/C15H20FNO3/c1-3-10(2)14(15(19)20)17-13(18)9-6-11-4-7-12(16)8-5-11/h4-5,7-8,10,14H,3,6,9H2,1-2H3,(H,17,18)(H,19,20). The van der Waals surface area contributed by atoms with Crippen LogP contribution in [-0.4, -0.2) is 23.0 Å². The van der Waals surface area contributed by atoms with Crippen LogP contribution in [-0.2, 0) is 16.0 Å². The summed E-state index contributed by atoms with van der Waals surface area (Å²) < 4.78 is 12.7. The van der Waals surface area contributed by atoms with Gasteiger partial charge in [0, 0.05) is 6.42 Å². The van der Waals surface area contributed by atoms with Crippen molar-refractivity contribution in [1.82, 2.24) is 5.32 Å². The summed E-state index contributed by atoms with van der Waals surface area (Å²) in [6.07, 6.45) is 1.32. The highest BCUT2D eigenvalue weighted by Gasteiger charge is 2.24. The Kier molecular flexibility index (Phi) is 6.15. The van der Waals surface area contributed by atoms with Crippen LogP contribution in [0.15, 0.2) is 24.3 Å². The monoisotopic (exact) mass is 281 g/mol. The maximum absolute atomic E-state index is 12.7. The first-order valence-electron chi connectivity index (χ1n) is 6.70. The molecule has 5 heteroatoms. The number of hydrogen-bond donors (Lipinski definition) is 2. The van der Waals surface area contributed by atoms with E-state index >= 15 is 0 Å². The van der Waals surface area contributed by atoms with E-state index in [1.165, 1.54) is 12.1 Å². The van der Waals surface area contributed by atoms with Crippen molar-refractivity contribution in [2.45, 2.75) is 39.2 Å². The lowest BCUT2D eigenvalue weighted by Crippen LogP contribution is -2.45. The van der Waals surface area contributed by atoms with Gasteiger partial charge in [0.05, 0.1) is 0 Å². The molecule has 0 saturated heterocycles. The molecule has 110 valence electrons. The van der Waals surface area contributed by atoms with Gasteiger partial charge >= 0.3 is 5.97 Å². The van der Waals surface area contributed by atoms with E-state index in [9.17, 15) is 14.0 Å². The fourth-order valence-electron chi connectivity index (χ4n) is 1.84. The molecule has 0 spiro atoms. The van der Waals surface area contributed by atoms with Crippen molar-refractivity contribution in [3.63, 3.8) is 0 Å². The lowest BCUT2D eigenvalue weighted by Gasteiger charge is -2.20. The number of carbonyl (C=O) groups excluding carboxylic acids is 1. The SMILES string of the molecule is CCC(C)C(NC(=O)CCc1ccc(F)cc1)C(=O)O. The molecule has 0 fully saturated rings. The van der Waals surface area contributed by atoms with Crippen LogP contribution in [0.1, 0.15) is 32.3 Å².